The van der Waals surface area contributed by atoms with E-state index in [1.165, 1.54) is 12.1 Å². The monoisotopic (exact) mass is 456 g/mol. The fraction of sp³-hybridized carbons (Fsp3) is 0.217. The molecular weight excluding hydrogens is 437 g/mol. The summed E-state index contributed by atoms with van der Waals surface area (Å²) < 4.78 is 47.0. The highest BCUT2D eigenvalue weighted by Crippen LogP contribution is 2.37. The maximum atomic E-state index is 12.9. The average Bonchev–Trinajstić information content (AvgIpc) is 2.94. The van der Waals surface area contributed by atoms with Crippen molar-refractivity contribution in [2.75, 3.05) is 41.8 Å². The molecule has 0 atom stereocenters. The molecule has 33 heavy (non-hydrogen) atoms. The lowest BCUT2D eigenvalue weighted by atomic mass is 10.0. The number of carbonyl (C=O) groups excluding carboxylic acids is 1. The largest absolute Gasteiger partial charge is 0.573 e. The molecule has 170 valence electrons. The zero-order valence-electron chi connectivity index (χ0n) is 17.3. The second-order valence-electron chi connectivity index (χ2n) is 7.60. The zero-order valence-corrected chi connectivity index (χ0v) is 17.3. The molecular formula is C23H19F3N4O3. The van der Waals surface area contributed by atoms with E-state index in [0.717, 1.165) is 36.1 Å². The second kappa shape index (κ2) is 8.28. The zero-order chi connectivity index (χ0) is 23.0. The van der Waals surface area contributed by atoms with Gasteiger partial charge in [-0.15, -0.1) is 13.2 Å². The quantitative estimate of drug-likeness (QED) is 0.590. The van der Waals surface area contributed by atoms with Crippen LogP contribution in [0.25, 0.3) is 11.1 Å². The van der Waals surface area contributed by atoms with Crippen LogP contribution < -0.4 is 20.3 Å². The standard InChI is InChI=1S/C23H19F3N4O3/c24-23(25,26)33-16-2-4-19-20(13-16)29-22(31)17-11-14(1-3-18(17)28-19)15-5-6-27-21(12-15)30-7-9-32-10-8-30/h1-6,11-13,28H,7-10H2,(H,29,31). The summed E-state index contributed by atoms with van der Waals surface area (Å²) >= 11 is 0. The van der Waals surface area contributed by atoms with Gasteiger partial charge in [0, 0.05) is 25.4 Å². The predicted molar refractivity (Wildman–Crippen MR) is 117 cm³/mol. The molecule has 0 aliphatic carbocycles. The van der Waals surface area contributed by atoms with Gasteiger partial charge >= 0.3 is 6.36 Å². The molecule has 2 aliphatic rings. The molecule has 2 aliphatic heterocycles. The van der Waals surface area contributed by atoms with Crippen molar-refractivity contribution in [3.05, 3.63) is 60.3 Å². The number of anilines is 4. The number of nitrogens with zero attached hydrogens (tertiary/aromatic N) is 2. The summed E-state index contributed by atoms with van der Waals surface area (Å²) in [7, 11) is 0. The number of pyridine rings is 1. The summed E-state index contributed by atoms with van der Waals surface area (Å²) in [6, 6.07) is 13.0. The first-order valence-corrected chi connectivity index (χ1v) is 10.3. The number of benzene rings is 2. The average molecular weight is 456 g/mol. The fourth-order valence-corrected chi connectivity index (χ4v) is 3.85. The van der Waals surface area contributed by atoms with Crippen molar-refractivity contribution in [1.82, 2.24) is 4.98 Å². The Morgan fingerprint density at radius 3 is 2.45 bits per heavy atom. The molecule has 2 N–H and O–H groups in total. The summed E-state index contributed by atoms with van der Waals surface area (Å²) in [4.78, 5) is 19.5. The summed E-state index contributed by atoms with van der Waals surface area (Å²) in [6.45, 7) is 2.80. The van der Waals surface area contributed by atoms with Gasteiger partial charge in [-0.2, -0.15) is 0 Å². The predicted octanol–water partition coefficient (Wildman–Crippen LogP) is 4.79. The van der Waals surface area contributed by atoms with Crippen LogP contribution in [0.4, 0.5) is 36.1 Å². The summed E-state index contributed by atoms with van der Waals surface area (Å²) in [5, 5.41) is 5.77. The maximum absolute atomic E-state index is 12.9. The van der Waals surface area contributed by atoms with Gasteiger partial charge in [0.05, 0.1) is 35.8 Å². The van der Waals surface area contributed by atoms with Crippen LogP contribution in [0.5, 0.6) is 5.75 Å². The third-order valence-corrected chi connectivity index (χ3v) is 5.42. The Labute approximate surface area is 187 Å². The lowest BCUT2D eigenvalue weighted by Crippen LogP contribution is -2.36. The van der Waals surface area contributed by atoms with Gasteiger partial charge in [-0.1, -0.05) is 6.07 Å². The number of morpholine rings is 1. The SMILES string of the molecule is O=C1Nc2cc(OC(F)(F)F)ccc2Nc2ccc(-c3ccnc(N4CCOCC4)c3)cc21. The number of nitrogens with one attached hydrogen (secondary N) is 2. The number of amides is 1. The molecule has 7 nitrogen and oxygen atoms in total. The first kappa shape index (κ1) is 21.1. The van der Waals surface area contributed by atoms with E-state index >= 15 is 0 Å². The summed E-state index contributed by atoms with van der Waals surface area (Å²) in [6.07, 6.45) is -3.10. The van der Waals surface area contributed by atoms with E-state index in [0.29, 0.717) is 30.2 Å². The Hall–Kier alpha value is -3.79. The number of fused-ring (bicyclic) bond motifs is 2. The molecule has 1 aromatic heterocycles. The van der Waals surface area contributed by atoms with Crippen LogP contribution in [0, 0.1) is 0 Å². The first-order valence-electron chi connectivity index (χ1n) is 10.3. The number of hydrogen-bond donors (Lipinski definition) is 2. The van der Waals surface area contributed by atoms with Crippen LogP contribution in [-0.4, -0.2) is 43.6 Å². The molecule has 0 spiro atoms. The van der Waals surface area contributed by atoms with Crippen molar-refractivity contribution in [2.24, 2.45) is 0 Å². The van der Waals surface area contributed by atoms with Gasteiger partial charge < -0.3 is 25.0 Å². The van der Waals surface area contributed by atoms with E-state index in [1.54, 1.807) is 18.3 Å². The molecule has 10 heteroatoms. The highest BCUT2D eigenvalue weighted by molar-refractivity contribution is 6.12. The van der Waals surface area contributed by atoms with Crippen molar-refractivity contribution >= 4 is 28.8 Å². The van der Waals surface area contributed by atoms with Crippen LogP contribution in [0.15, 0.2) is 54.7 Å². The molecule has 1 amide bonds. The van der Waals surface area contributed by atoms with E-state index in [9.17, 15) is 18.0 Å². The van der Waals surface area contributed by atoms with E-state index in [2.05, 4.69) is 25.3 Å². The Bertz CT molecular complexity index is 1210. The number of aromatic nitrogens is 1. The van der Waals surface area contributed by atoms with Gasteiger partial charge in [0.2, 0.25) is 0 Å². The van der Waals surface area contributed by atoms with E-state index < -0.39 is 18.0 Å². The van der Waals surface area contributed by atoms with Crippen molar-refractivity contribution in [3.63, 3.8) is 0 Å². The molecule has 0 radical (unpaired) electrons. The molecule has 0 saturated carbocycles. The molecule has 0 unspecified atom stereocenters. The van der Waals surface area contributed by atoms with Crippen molar-refractivity contribution in [2.45, 2.75) is 6.36 Å². The van der Waals surface area contributed by atoms with Crippen molar-refractivity contribution in [1.29, 1.82) is 0 Å². The normalized spacial score (nSPS) is 15.6. The molecule has 0 bridgehead atoms. The highest BCUT2D eigenvalue weighted by atomic mass is 19.4. The molecule has 5 rings (SSSR count). The smallest absolute Gasteiger partial charge is 0.406 e. The van der Waals surface area contributed by atoms with E-state index in [-0.39, 0.29) is 5.69 Å². The fourth-order valence-electron chi connectivity index (χ4n) is 3.85. The Morgan fingerprint density at radius 2 is 1.67 bits per heavy atom. The molecule has 3 heterocycles. The van der Waals surface area contributed by atoms with Gasteiger partial charge in [0.1, 0.15) is 11.6 Å². The van der Waals surface area contributed by atoms with Gasteiger partial charge in [0.25, 0.3) is 5.91 Å². The number of rotatable bonds is 3. The topological polar surface area (TPSA) is 75.7 Å². The number of hydrogen-bond acceptors (Lipinski definition) is 6. The third-order valence-electron chi connectivity index (χ3n) is 5.42. The molecule has 2 aromatic carbocycles. The minimum atomic E-state index is -4.82. The number of carbonyl (C=O) groups is 1. The van der Waals surface area contributed by atoms with E-state index in [4.69, 9.17) is 4.74 Å². The van der Waals surface area contributed by atoms with Crippen LogP contribution in [0.3, 0.4) is 0 Å². The molecule has 1 saturated heterocycles. The lowest BCUT2D eigenvalue weighted by molar-refractivity contribution is -0.274. The van der Waals surface area contributed by atoms with Crippen LogP contribution in [0.1, 0.15) is 10.4 Å². The third kappa shape index (κ3) is 4.56. The van der Waals surface area contributed by atoms with Crippen LogP contribution in [-0.2, 0) is 4.74 Å². The number of halogens is 3. The number of ether oxygens (including phenoxy) is 2. The summed E-state index contributed by atoms with van der Waals surface area (Å²) in [5.74, 6) is -0.0231. The van der Waals surface area contributed by atoms with E-state index in [1.807, 2.05) is 18.2 Å². The van der Waals surface area contributed by atoms with Crippen molar-refractivity contribution in [3.8, 4) is 16.9 Å². The second-order valence-corrected chi connectivity index (χ2v) is 7.60. The van der Waals surface area contributed by atoms with Gasteiger partial charge in [-0.25, -0.2) is 4.98 Å². The summed E-state index contributed by atoms with van der Waals surface area (Å²) in [5.41, 5.74) is 3.27. The molecule has 1 fully saturated rings. The van der Waals surface area contributed by atoms with Crippen LogP contribution >= 0.6 is 0 Å². The van der Waals surface area contributed by atoms with Gasteiger partial charge in [-0.3, -0.25) is 4.79 Å². The lowest BCUT2D eigenvalue weighted by Gasteiger charge is -2.28. The Morgan fingerprint density at radius 1 is 0.909 bits per heavy atom. The van der Waals surface area contributed by atoms with Gasteiger partial charge in [0.15, 0.2) is 0 Å². The maximum Gasteiger partial charge on any atom is 0.573 e. The highest BCUT2D eigenvalue weighted by Gasteiger charge is 2.31. The minimum Gasteiger partial charge on any atom is -0.406 e. The molecule has 3 aromatic rings. The Balaban J connectivity index is 1.44. The number of alkyl halides is 3. The van der Waals surface area contributed by atoms with Crippen molar-refractivity contribution < 1.29 is 27.4 Å². The van der Waals surface area contributed by atoms with Gasteiger partial charge in [-0.05, 0) is 47.5 Å². The first-order chi connectivity index (χ1) is 15.9. The minimum absolute atomic E-state index is 0.193. The van der Waals surface area contributed by atoms with Crippen LogP contribution in [0.2, 0.25) is 0 Å². The Kier molecular flexibility index (Phi) is 5.29.